The number of nitrogens with one attached hydrogen (secondary N) is 1. The van der Waals surface area contributed by atoms with Crippen LogP contribution >= 0.6 is 0 Å². The molecule has 3 nitrogen and oxygen atoms in total. The van der Waals surface area contributed by atoms with Crippen LogP contribution in [-0.2, 0) is 6.54 Å². The van der Waals surface area contributed by atoms with Gasteiger partial charge in [-0.2, -0.15) is 0 Å². The maximum atomic E-state index is 13.6. The predicted octanol–water partition coefficient (Wildman–Crippen LogP) is 3.26. The molecule has 1 aromatic carbocycles. The average Bonchev–Trinajstić information content (AvgIpc) is 2.36. The standard InChI is InChI=1S/C17H23FN2O/c1-12(21)9-17(2,3)11-19-10-14-8-15(18)7-13-5-4-6-20-16(13)14/h4-8,12,19,21H,9-11H2,1-3H3. The third-order valence-corrected chi connectivity index (χ3v) is 3.52. The number of rotatable bonds is 6. The second-order valence-corrected chi connectivity index (χ2v) is 6.46. The molecule has 0 radical (unpaired) electrons. The monoisotopic (exact) mass is 290 g/mol. The van der Waals surface area contributed by atoms with Gasteiger partial charge >= 0.3 is 0 Å². The van der Waals surface area contributed by atoms with Crippen molar-refractivity contribution in [2.24, 2.45) is 5.41 Å². The summed E-state index contributed by atoms with van der Waals surface area (Å²) in [7, 11) is 0. The third kappa shape index (κ3) is 4.48. The molecule has 0 aliphatic heterocycles. The van der Waals surface area contributed by atoms with Crippen molar-refractivity contribution in [3.8, 4) is 0 Å². The van der Waals surface area contributed by atoms with Gasteiger partial charge in [-0.3, -0.25) is 4.98 Å². The Labute approximate surface area is 125 Å². The van der Waals surface area contributed by atoms with E-state index in [-0.39, 0.29) is 17.3 Å². The largest absolute Gasteiger partial charge is 0.393 e. The number of aliphatic hydroxyl groups is 1. The smallest absolute Gasteiger partial charge is 0.124 e. The molecule has 0 amide bonds. The van der Waals surface area contributed by atoms with Gasteiger partial charge in [0.1, 0.15) is 5.82 Å². The van der Waals surface area contributed by atoms with Crippen molar-refractivity contribution in [3.05, 3.63) is 41.8 Å². The van der Waals surface area contributed by atoms with Gasteiger partial charge in [0.15, 0.2) is 0 Å². The number of pyridine rings is 1. The molecule has 0 aliphatic rings. The van der Waals surface area contributed by atoms with Crippen LogP contribution in [0.4, 0.5) is 4.39 Å². The molecule has 0 aliphatic carbocycles. The first-order valence-corrected chi connectivity index (χ1v) is 7.29. The summed E-state index contributed by atoms with van der Waals surface area (Å²) in [5.41, 5.74) is 1.68. The maximum Gasteiger partial charge on any atom is 0.124 e. The molecule has 1 aromatic heterocycles. The molecule has 2 aromatic rings. The molecule has 1 atom stereocenters. The van der Waals surface area contributed by atoms with Gasteiger partial charge in [-0.15, -0.1) is 0 Å². The Bertz CT molecular complexity index is 611. The van der Waals surface area contributed by atoms with Crippen molar-refractivity contribution in [1.29, 1.82) is 0 Å². The summed E-state index contributed by atoms with van der Waals surface area (Å²) < 4.78 is 13.6. The predicted molar refractivity (Wildman–Crippen MR) is 83.5 cm³/mol. The van der Waals surface area contributed by atoms with Gasteiger partial charge in [-0.25, -0.2) is 4.39 Å². The van der Waals surface area contributed by atoms with Crippen LogP contribution in [0.1, 0.15) is 32.8 Å². The van der Waals surface area contributed by atoms with E-state index in [9.17, 15) is 9.50 Å². The molecule has 1 heterocycles. The zero-order valence-corrected chi connectivity index (χ0v) is 12.9. The molecule has 21 heavy (non-hydrogen) atoms. The fraction of sp³-hybridized carbons (Fsp3) is 0.471. The van der Waals surface area contributed by atoms with Crippen LogP contribution in [0, 0.1) is 11.2 Å². The number of aromatic nitrogens is 1. The zero-order valence-electron chi connectivity index (χ0n) is 12.9. The van der Waals surface area contributed by atoms with Crippen LogP contribution in [0.25, 0.3) is 10.9 Å². The highest BCUT2D eigenvalue weighted by atomic mass is 19.1. The van der Waals surface area contributed by atoms with Crippen LogP contribution in [0.15, 0.2) is 30.5 Å². The van der Waals surface area contributed by atoms with E-state index >= 15 is 0 Å². The molecule has 0 saturated carbocycles. The minimum Gasteiger partial charge on any atom is -0.393 e. The maximum absolute atomic E-state index is 13.6. The van der Waals surface area contributed by atoms with Crippen LogP contribution in [0.3, 0.4) is 0 Å². The first-order valence-electron chi connectivity index (χ1n) is 7.29. The van der Waals surface area contributed by atoms with Crippen LogP contribution in [0.2, 0.25) is 0 Å². The SMILES string of the molecule is CC(O)CC(C)(C)CNCc1cc(F)cc2cccnc12. The topological polar surface area (TPSA) is 45.1 Å². The van der Waals surface area contributed by atoms with E-state index in [2.05, 4.69) is 24.1 Å². The van der Waals surface area contributed by atoms with Crippen molar-refractivity contribution < 1.29 is 9.50 Å². The first-order chi connectivity index (χ1) is 9.87. The van der Waals surface area contributed by atoms with E-state index in [4.69, 9.17) is 0 Å². The van der Waals surface area contributed by atoms with Crippen LogP contribution in [0.5, 0.6) is 0 Å². The van der Waals surface area contributed by atoms with E-state index in [0.29, 0.717) is 6.54 Å². The van der Waals surface area contributed by atoms with Crippen LogP contribution in [-0.4, -0.2) is 22.7 Å². The molecule has 0 bridgehead atoms. The second kappa shape index (κ2) is 6.50. The Hall–Kier alpha value is -1.52. The zero-order chi connectivity index (χ0) is 15.5. The fourth-order valence-corrected chi connectivity index (χ4v) is 2.77. The number of nitrogens with zero attached hydrogens (tertiary/aromatic N) is 1. The van der Waals surface area contributed by atoms with Crippen LogP contribution < -0.4 is 5.32 Å². The highest BCUT2D eigenvalue weighted by Crippen LogP contribution is 2.22. The summed E-state index contributed by atoms with van der Waals surface area (Å²) >= 11 is 0. The fourth-order valence-electron chi connectivity index (χ4n) is 2.77. The van der Waals surface area contributed by atoms with E-state index in [1.54, 1.807) is 13.1 Å². The molecule has 0 saturated heterocycles. The summed E-state index contributed by atoms with van der Waals surface area (Å²) in [5, 5.41) is 13.7. The molecular formula is C17H23FN2O. The summed E-state index contributed by atoms with van der Waals surface area (Å²) in [6.07, 6.45) is 2.13. The second-order valence-electron chi connectivity index (χ2n) is 6.46. The van der Waals surface area contributed by atoms with Crippen molar-refractivity contribution >= 4 is 10.9 Å². The lowest BCUT2D eigenvalue weighted by Crippen LogP contribution is -2.31. The molecular weight excluding hydrogens is 267 g/mol. The van der Waals surface area contributed by atoms with E-state index in [1.807, 2.05) is 12.1 Å². The Morgan fingerprint density at radius 1 is 1.38 bits per heavy atom. The molecule has 0 spiro atoms. The van der Waals surface area contributed by atoms with E-state index in [0.717, 1.165) is 29.4 Å². The Kier molecular flexibility index (Phi) is 4.91. The van der Waals surface area contributed by atoms with Gasteiger partial charge in [0.25, 0.3) is 0 Å². The molecule has 2 rings (SSSR count). The molecule has 0 fully saturated rings. The van der Waals surface area contributed by atoms with Gasteiger partial charge in [-0.1, -0.05) is 19.9 Å². The highest BCUT2D eigenvalue weighted by Gasteiger charge is 2.19. The van der Waals surface area contributed by atoms with Gasteiger partial charge < -0.3 is 10.4 Å². The summed E-state index contributed by atoms with van der Waals surface area (Å²) in [4.78, 5) is 4.34. The van der Waals surface area contributed by atoms with Crippen molar-refractivity contribution in [2.45, 2.75) is 39.8 Å². The number of aliphatic hydroxyl groups excluding tert-OH is 1. The van der Waals surface area contributed by atoms with Crippen molar-refractivity contribution in [3.63, 3.8) is 0 Å². The van der Waals surface area contributed by atoms with Gasteiger partial charge in [0.2, 0.25) is 0 Å². The number of halogens is 1. The lowest BCUT2D eigenvalue weighted by atomic mass is 9.87. The minimum atomic E-state index is -0.321. The first kappa shape index (κ1) is 15.9. The Balaban J connectivity index is 2.07. The van der Waals surface area contributed by atoms with Crippen molar-refractivity contribution in [1.82, 2.24) is 10.3 Å². The minimum absolute atomic E-state index is 0.00920. The third-order valence-electron chi connectivity index (χ3n) is 3.52. The lowest BCUT2D eigenvalue weighted by Gasteiger charge is -2.26. The summed E-state index contributed by atoms with van der Waals surface area (Å²) in [6, 6.07) is 6.71. The van der Waals surface area contributed by atoms with E-state index < -0.39 is 0 Å². The highest BCUT2D eigenvalue weighted by molar-refractivity contribution is 5.81. The number of hydrogen-bond acceptors (Lipinski definition) is 3. The van der Waals surface area contributed by atoms with Crippen molar-refractivity contribution in [2.75, 3.05) is 6.54 Å². The molecule has 2 N–H and O–H groups in total. The Morgan fingerprint density at radius 3 is 2.86 bits per heavy atom. The van der Waals surface area contributed by atoms with Gasteiger partial charge in [0.05, 0.1) is 11.6 Å². The number of benzene rings is 1. The van der Waals surface area contributed by atoms with Gasteiger partial charge in [0, 0.05) is 24.7 Å². The van der Waals surface area contributed by atoms with E-state index in [1.165, 1.54) is 12.1 Å². The average molecular weight is 290 g/mol. The molecule has 4 heteroatoms. The molecule has 1 unspecified atom stereocenters. The molecule has 114 valence electrons. The quantitative estimate of drug-likeness (QED) is 0.858. The number of fused-ring (bicyclic) bond motifs is 1. The lowest BCUT2D eigenvalue weighted by molar-refractivity contribution is 0.128. The normalized spacial score (nSPS) is 13.6. The van der Waals surface area contributed by atoms with Gasteiger partial charge in [-0.05, 0) is 42.5 Å². The number of hydrogen-bond donors (Lipinski definition) is 2. The summed E-state index contributed by atoms with van der Waals surface area (Å²) in [5.74, 6) is -0.240. The summed E-state index contributed by atoms with van der Waals surface area (Å²) in [6.45, 7) is 7.33. The Morgan fingerprint density at radius 2 is 2.14 bits per heavy atom.